The standard InChI is InChI=1S/C11H17N3O2S/c15-17(16,11-6-2-1-3-7-11)14-13-10-5-4-8-12-9-10/h1-3,6-7,10,12-14H,4-5,8-9H2. The van der Waals surface area contributed by atoms with Gasteiger partial charge in [0.05, 0.1) is 4.90 Å². The van der Waals surface area contributed by atoms with Crippen LogP contribution in [-0.4, -0.2) is 27.5 Å². The minimum Gasteiger partial charge on any atom is -0.315 e. The average Bonchev–Trinajstić information content (AvgIpc) is 2.39. The molecular formula is C11H17N3O2S. The highest BCUT2D eigenvalue weighted by Gasteiger charge is 2.17. The van der Waals surface area contributed by atoms with Gasteiger partial charge >= 0.3 is 0 Å². The van der Waals surface area contributed by atoms with Crippen molar-refractivity contribution >= 4 is 10.0 Å². The molecular weight excluding hydrogens is 238 g/mol. The van der Waals surface area contributed by atoms with Gasteiger partial charge in [0.2, 0.25) is 0 Å². The molecule has 1 unspecified atom stereocenters. The van der Waals surface area contributed by atoms with Crippen LogP contribution in [0.2, 0.25) is 0 Å². The third-order valence-corrected chi connectivity index (χ3v) is 4.03. The predicted molar refractivity (Wildman–Crippen MR) is 65.8 cm³/mol. The van der Waals surface area contributed by atoms with Crippen LogP contribution in [0.15, 0.2) is 35.2 Å². The number of sulfonamides is 1. The lowest BCUT2D eigenvalue weighted by molar-refractivity contribution is 0.377. The number of piperidine rings is 1. The van der Waals surface area contributed by atoms with E-state index >= 15 is 0 Å². The third-order valence-electron chi connectivity index (χ3n) is 2.75. The van der Waals surface area contributed by atoms with E-state index in [1.54, 1.807) is 30.3 Å². The number of hydrogen-bond donors (Lipinski definition) is 3. The Bertz CT molecular complexity index is 441. The van der Waals surface area contributed by atoms with Crippen molar-refractivity contribution in [1.82, 2.24) is 15.6 Å². The van der Waals surface area contributed by atoms with E-state index in [1.807, 2.05) is 0 Å². The van der Waals surface area contributed by atoms with E-state index < -0.39 is 10.0 Å². The molecule has 6 heteroatoms. The molecule has 1 aliphatic heterocycles. The summed E-state index contributed by atoms with van der Waals surface area (Å²) in [6.45, 7) is 1.79. The Morgan fingerprint density at radius 2 is 2.00 bits per heavy atom. The summed E-state index contributed by atoms with van der Waals surface area (Å²) < 4.78 is 23.8. The van der Waals surface area contributed by atoms with E-state index in [-0.39, 0.29) is 10.9 Å². The second kappa shape index (κ2) is 5.59. The lowest BCUT2D eigenvalue weighted by Crippen LogP contribution is -2.50. The first-order valence-electron chi connectivity index (χ1n) is 5.71. The molecule has 94 valence electrons. The van der Waals surface area contributed by atoms with Gasteiger partial charge in [-0.15, -0.1) is 4.83 Å². The molecule has 0 saturated carbocycles. The summed E-state index contributed by atoms with van der Waals surface area (Å²) in [6.07, 6.45) is 2.04. The Kier molecular flexibility index (Phi) is 4.11. The summed E-state index contributed by atoms with van der Waals surface area (Å²) in [5.41, 5.74) is 2.86. The summed E-state index contributed by atoms with van der Waals surface area (Å²) in [5.74, 6) is 0. The zero-order valence-electron chi connectivity index (χ0n) is 9.52. The molecule has 3 N–H and O–H groups in total. The number of benzene rings is 1. The van der Waals surface area contributed by atoms with Crippen LogP contribution in [0.25, 0.3) is 0 Å². The number of hydrazine groups is 1. The Labute approximate surface area is 102 Å². The molecule has 0 bridgehead atoms. The fourth-order valence-corrected chi connectivity index (χ4v) is 2.75. The Balaban J connectivity index is 1.94. The first-order chi connectivity index (χ1) is 8.18. The lowest BCUT2D eigenvalue weighted by Gasteiger charge is -2.23. The first kappa shape index (κ1) is 12.5. The molecule has 0 aliphatic carbocycles. The third kappa shape index (κ3) is 3.50. The molecule has 0 radical (unpaired) electrons. The monoisotopic (exact) mass is 255 g/mol. The highest BCUT2D eigenvalue weighted by atomic mass is 32.2. The SMILES string of the molecule is O=S(=O)(NNC1CCCNC1)c1ccccc1. The molecule has 1 heterocycles. The van der Waals surface area contributed by atoms with Crippen LogP contribution in [0, 0.1) is 0 Å². The minimum absolute atomic E-state index is 0.155. The van der Waals surface area contributed by atoms with Crippen LogP contribution >= 0.6 is 0 Å². The maximum atomic E-state index is 11.9. The molecule has 1 fully saturated rings. The van der Waals surface area contributed by atoms with E-state index in [2.05, 4.69) is 15.6 Å². The summed E-state index contributed by atoms with van der Waals surface area (Å²) in [4.78, 5) is 2.70. The van der Waals surface area contributed by atoms with Crippen molar-refractivity contribution < 1.29 is 8.42 Å². The van der Waals surface area contributed by atoms with Gasteiger partial charge in [0, 0.05) is 12.6 Å². The minimum atomic E-state index is -3.45. The second-order valence-corrected chi connectivity index (χ2v) is 5.79. The van der Waals surface area contributed by atoms with Gasteiger partial charge in [-0.2, -0.15) is 0 Å². The molecule has 1 aromatic rings. The Hall–Kier alpha value is -0.950. The fourth-order valence-electron chi connectivity index (χ4n) is 1.79. The van der Waals surface area contributed by atoms with Crippen LogP contribution in [0.4, 0.5) is 0 Å². The van der Waals surface area contributed by atoms with E-state index in [0.29, 0.717) is 0 Å². The summed E-state index contributed by atoms with van der Waals surface area (Å²) in [5, 5.41) is 3.21. The highest BCUT2D eigenvalue weighted by Crippen LogP contribution is 2.07. The Morgan fingerprint density at radius 1 is 1.24 bits per heavy atom. The van der Waals surface area contributed by atoms with Crippen LogP contribution in [0.1, 0.15) is 12.8 Å². The van der Waals surface area contributed by atoms with Crippen molar-refractivity contribution in [2.24, 2.45) is 0 Å². The van der Waals surface area contributed by atoms with Gasteiger partial charge in [-0.1, -0.05) is 18.2 Å². The van der Waals surface area contributed by atoms with Crippen LogP contribution in [0.3, 0.4) is 0 Å². The largest absolute Gasteiger partial charge is 0.315 e. The van der Waals surface area contributed by atoms with Gasteiger partial charge in [-0.25, -0.2) is 13.8 Å². The van der Waals surface area contributed by atoms with Crippen LogP contribution in [-0.2, 0) is 10.0 Å². The average molecular weight is 255 g/mol. The maximum absolute atomic E-state index is 11.9. The molecule has 1 aliphatic rings. The predicted octanol–water partition coefficient (Wildman–Crippen LogP) is 0.222. The zero-order valence-corrected chi connectivity index (χ0v) is 10.3. The molecule has 5 nitrogen and oxygen atoms in total. The maximum Gasteiger partial charge on any atom is 0.253 e. The number of hydrogen-bond acceptors (Lipinski definition) is 4. The fraction of sp³-hybridized carbons (Fsp3) is 0.455. The van der Waals surface area contributed by atoms with Gasteiger partial charge in [-0.05, 0) is 31.5 Å². The topological polar surface area (TPSA) is 70.2 Å². The Morgan fingerprint density at radius 3 is 2.65 bits per heavy atom. The van der Waals surface area contributed by atoms with Gasteiger partial charge in [-0.3, -0.25) is 0 Å². The highest BCUT2D eigenvalue weighted by molar-refractivity contribution is 7.89. The van der Waals surface area contributed by atoms with E-state index in [9.17, 15) is 8.42 Å². The summed E-state index contributed by atoms with van der Waals surface area (Å²) >= 11 is 0. The van der Waals surface area contributed by atoms with Crippen molar-refractivity contribution in [2.75, 3.05) is 13.1 Å². The molecule has 1 saturated heterocycles. The normalized spacial score (nSPS) is 21.3. The van der Waals surface area contributed by atoms with Crippen molar-refractivity contribution in [3.05, 3.63) is 30.3 Å². The van der Waals surface area contributed by atoms with E-state index in [4.69, 9.17) is 0 Å². The van der Waals surface area contributed by atoms with Crippen molar-refractivity contribution in [3.63, 3.8) is 0 Å². The van der Waals surface area contributed by atoms with Crippen LogP contribution < -0.4 is 15.6 Å². The number of nitrogens with one attached hydrogen (secondary N) is 3. The molecule has 17 heavy (non-hydrogen) atoms. The molecule has 0 amide bonds. The van der Waals surface area contributed by atoms with Crippen molar-refractivity contribution in [1.29, 1.82) is 0 Å². The molecule has 1 aromatic carbocycles. The second-order valence-electron chi connectivity index (χ2n) is 4.11. The lowest BCUT2D eigenvalue weighted by atomic mass is 10.1. The number of rotatable bonds is 4. The molecule has 0 spiro atoms. The van der Waals surface area contributed by atoms with Gasteiger partial charge in [0.1, 0.15) is 0 Å². The first-order valence-corrected chi connectivity index (χ1v) is 7.20. The van der Waals surface area contributed by atoms with Crippen LogP contribution in [0.5, 0.6) is 0 Å². The van der Waals surface area contributed by atoms with E-state index in [0.717, 1.165) is 25.9 Å². The van der Waals surface area contributed by atoms with Gasteiger partial charge < -0.3 is 5.32 Å². The van der Waals surface area contributed by atoms with Crippen molar-refractivity contribution in [3.8, 4) is 0 Å². The summed E-state index contributed by atoms with van der Waals surface area (Å²) in [6, 6.07) is 8.50. The molecule has 0 aromatic heterocycles. The molecule has 1 atom stereocenters. The zero-order chi connectivity index (χ0) is 12.1. The quantitative estimate of drug-likeness (QED) is 0.673. The van der Waals surface area contributed by atoms with Gasteiger partial charge in [0.15, 0.2) is 0 Å². The smallest absolute Gasteiger partial charge is 0.253 e. The molecule has 2 rings (SSSR count). The van der Waals surface area contributed by atoms with Crippen molar-refractivity contribution in [2.45, 2.75) is 23.8 Å². The summed E-state index contributed by atoms with van der Waals surface area (Å²) in [7, 11) is -3.45. The van der Waals surface area contributed by atoms with Gasteiger partial charge in [0.25, 0.3) is 10.0 Å². The van der Waals surface area contributed by atoms with E-state index in [1.165, 1.54) is 0 Å².